The summed E-state index contributed by atoms with van der Waals surface area (Å²) in [4.78, 5) is 37.6. The molecule has 1 aromatic carbocycles. The van der Waals surface area contributed by atoms with Gasteiger partial charge in [0.1, 0.15) is 12.3 Å². The molecule has 1 aliphatic rings. The van der Waals surface area contributed by atoms with Crippen LogP contribution in [0.5, 0.6) is 11.8 Å². The number of carbonyl (C=O) groups is 1. The first kappa shape index (κ1) is 18.8. The third kappa shape index (κ3) is 4.48. The summed E-state index contributed by atoms with van der Waals surface area (Å²) < 4.78 is 6.95. The lowest BCUT2D eigenvalue weighted by Crippen LogP contribution is -2.28. The number of hydrogen-bond acceptors (Lipinski definition) is 6. The molecule has 2 heterocycles. The number of aromatic nitrogens is 4. The quantitative estimate of drug-likeness (QED) is 0.694. The fourth-order valence-electron chi connectivity index (χ4n) is 3.00. The third-order valence-corrected chi connectivity index (χ3v) is 4.68. The van der Waals surface area contributed by atoms with Gasteiger partial charge in [-0.1, -0.05) is 18.2 Å². The number of anilines is 1. The minimum Gasteiger partial charge on any atom is -0.424 e. The number of nitrogens with zero attached hydrogens (tertiary/aromatic N) is 4. The second-order valence-electron chi connectivity index (χ2n) is 7.07. The summed E-state index contributed by atoms with van der Waals surface area (Å²) in [5, 5.41) is 2.79. The summed E-state index contributed by atoms with van der Waals surface area (Å²) >= 11 is 0. The van der Waals surface area contributed by atoms with Gasteiger partial charge in [-0.15, -0.1) is 0 Å². The van der Waals surface area contributed by atoms with Crippen LogP contribution in [-0.4, -0.2) is 25.4 Å². The first-order chi connectivity index (χ1) is 14.0. The summed E-state index contributed by atoms with van der Waals surface area (Å²) in [7, 11) is 0. The number of rotatable bonds is 6. The van der Waals surface area contributed by atoms with Crippen LogP contribution in [0.2, 0.25) is 0 Å². The molecule has 0 radical (unpaired) electrons. The predicted octanol–water partition coefficient (Wildman–Crippen LogP) is 2.96. The molecule has 1 amide bonds. The molecule has 0 saturated heterocycles. The molecule has 1 saturated carbocycles. The second-order valence-corrected chi connectivity index (χ2v) is 7.07. The van der Waals surface area contributed by atoms with Crippen LogP contribution in [0.1, 0.15) is 35.8 Å². The van der Waals surface area contributed by atoms with Crippen molar-refractivity contribution in [1.82, 2.24) is 19.5 Å². The number of ether oxygens (including phenoxy) is 1. The maximum Gasteiger partial charge on any atom is 0.322 e. The SMILES string of the molecule is Cc1nc(Oc2ccccc2)nc(C)c1NC(=O)Cn1cnc(C2CC2)cc1=O. The number of amides is 1. The molecule has 0 spiro atoms. The Hall–Kier alpha value is -3.55. The van der Waals surface area contributed by atoms with Gasteiger partial charge in [0.15, 0.2) is 0 Å². The van der Waals surface area contributed by atoms with Crippen LogP contribution in [0.25, 0.3) is 0 Å². The molecule has 1 fully saturated rings. The van der Waals surface area contributed by atoms with Gasteiger partial charge in [0.2, 0.25) is 5.91 Å². The summed E-state index contributed by atoms with van der Waals surface area (Å²) in [6.07, 6.45) is 3.57. The summed E-state index contributed by atoms with van der Waals surface area (Å²) in [5.41, 5.74) is 2.23. The molecular weight excluding hydrogens is 370 g/mol. The van der Waals surface area contributed by atoms with Gasteiger partial charge >= 0.3 is 6.01 Å². The summed E-state index contributed by atoms with van der Waals surface area (Å²) in [6.45, 7) is 3.40. The Morgan fingerprint density at radius 2 is 1.86 bits per heavy atom. The fourth-order valence-corrected chi connectivity index (χ4v) is 3.00. The zero-order valence-electron chi connectivity index (χ0n) is 16.3. The Kier molecular flexibility index (Phi) is 5.07. The highest BCUT2D eigenvalue weighted by atomic mass is 16.5. The van der Waals surface area contributed by atoms with Gasteiger partial charge in [-0.25, -0.2) is 4.98 Å². The molecule has 1 aliphatic carbocycles. The molecule has 0 atom stereocenters. The number of nitrogens with one attached hydrogen (secondary N) is 1. The Labute approximate surface area is 167 Å². The van der Waals surface area contributed by atoms with Crippen LogP contribution in [0.4, 0.5) is 5.69 Å². The maximum absolute atomic E-state index is 12.5. The van der Waals surface area contributed by atoms with E-state index in [0.29, 0.717) is 28.7 Å². The van der Waals surface area contributed by atoms with Gasteiger partial charge in [0.25, 0.3) is 5.56 Å². The molecule has 2 aromatic heterocycles. The highest BCUT2D eigenvalue weighted by Crippen LogP contribution is 2.38. The van der Waals surface area contributed by atoms with E-state index in [-0.39, 0.29) is 24.0 Å². The molecule has 1 N–H and O–H groups in total. The number of benzene rings is 1. The average molecular weight is 391 g/mol. The molecule has 0 aliphatic heterocycles. The van der Waals surface area contributed by atoms with E-state index in [9.17, 15) is 9.59 Å². The minimum absolute atomic E-state index is 0.127. The van der Waals surface area contributed by atoms with Gasteiger partial charge in [-0.3, -0.25) is 14.2 Å². The van der Waals surface area contributed by atoms with E-state index < -0.39 is 0 Å². The molecule has 3 aromatic rings. The molecule has 148 valence electrons. The molecule has 4 rings (SSSR count). The third-order valence-electron chi connectivity index (χ3n) is 4.68. The number of hydrogen-bond donors (Lipinski definition) is 1. The van der Waals surface area contributed by atoms with Crippen LogP contribution in [0.3, 0.4) is 0 Å². The Morgan fingerprint density at radius 3 is 2.48 bits per heavy atom. The summed E-state index contributed by atoms with van der Waals surface area (Å²) in [6, 6.07) is 11.0. The van der Waals surface area contributed by atoms with Crippen LogP contribution in [0.15, 0.2) is 47.5 Å². The Balaban J connectivity index is 1.46. The van der Waals surface area contributed by atoms with Crippen LogP contribution < -0.4 is 15.6 Å². The van der Waals surface area contributed by atoms with E-state index in [1.165, 1.54) is 17.0 Å². The van der Waals surface area contributed by atoms with E-state index in [2.05, 4.69) is 20.3 Å². The van der Waals surface area contributed by atoms with Gasteiger partial charge in [-0.05, 0) is 38.8 Å². The Bertz CT molecular complexity index is 1080. The first-order valence-corrected chi connectivity index (χ1v) is 9.44. The zero-order chi connectivity index (χ0) is 20.4. The molecular formula is C21H21N5O3. The van der Waals surface area contributed by atoms with Gasteiger partial charge < -0.3 is 10.1 Å². The van der Waals surface area contributed by atoms with Gasteiger partial charge in [-0.2, -0.15) is 9.97 Å². The highest BCUT2D eigenvalue weighted by Gasteiger charge is 2.25. The number of carbonyl (C=O) groups excluding carboxylic acids is 1. The predicted molar refractivity (Wildman–Crippen MR) is 107 cm³/mol. The smallest absolute Gasteiger partial charge is 0.322 e. The minimum atomic E-state index is -0.348. The number of aryl methyl sites for hydroxylation is 2. The normalized spacial score (nSPS) is 13.2. The van der Waals surface area contributed by atoms with E-state index in [1.807, 2.05) is 30.3 Å². The van der Waals surface area contributed by atoms with Crippen LogP contribution >= 0.6 is 0 Å². The largest absolute Gasteiger partial charge is 0.424 e. The fraction of sp³-hybridized carbons (Fsp3) is 0.286. The zero-order valence-corrected chi connectivity index (χ0v) is 16.3. The van der Waals surface area contributed by atoms with Crippen molar-refractivity contribution in [2.75, 3.05) is 5.32 Å². The topological polar surface area (TPSA) is 99.0 Å². The van der Waals surface area contributed by atoms with Crippen molar-refractivity contribution in [2.45, 2.75) is 39.2 Å². The van der Waals surface area contributed by atoms with Crippen molar-refractivity contribution in [3.8, 4) is 11.8 Å². The maximum atomic E-state index is 12.5. The molecule has 8 nitrogen and oxygen atoms in total. The van der Waals surface area contributed by atoms with Crippen molar-refractivity contribution < 1.29 is 9.53 Å². The lowest BCUT2D eigenvalue weighted by molar-refractivity contribution is -0.116. The van der Waals surface area contributed by atoms with E-state index >= 15 is 0 Å². The lowest BCUT2D eigenvalue weighted by Gasteiger charge is -2.13. The van der Waals surface area contributed by atoms with E-state index in [0.717, 1.165) is 18.5 Å². The summed E-state index contributed by atoms with van der Waals surface area (Å²) in [5.74, 6) is 0.675. The van der Waals surface area contributed by atoms with Crippen molar-refractivity contribution in [2.24, 2.45) is 0 Å². The molecule has 8 heteroatoms. The van der Waals surface area contributed by atoms with Crippen LogP contribution in [0, 0.1) is 13.8 Å². The van der Waals surface area contributed by atoms with Crippen molar-refractivity contribution in [1.29, 1.82) is 0 Å². The van der Waals surface area contributed by atoms with Gasteiger partial charge in [0.05, 0.1) is 29.1 Å². The van der Waals surface area contributed by atoms with Crippen molar-refractivity contribution >= 4 is 11.6 Å². The molecule has 0 bridgehead atoms. The average Bonchev–Trinajstić information content (AvgIpc) is 3.52. The van der Waals surface area contributed by atoms with Gasteiger partial charge in [0, 0.05) is 12.0 Å². The van der Waals surface area contributed by atoms with Crippen molar-refractivity contribution in [3.05, 3.63) is 70.2 Å². The second kappa shape index (κ2) is 7.83. The van der Waals surface area contributed by atoms with Crippen LogP contribution in [-0.2, 0) is 11.3 Å². The van der Waals surface area contributed by atoms with Crippen molar-refractivity contribution in [3.63, 3.8) is 0 Å². The highest BCUT2D eigenvalue weighted by molar-refractivity contribution is 5.91. The van der Waals surface area contributed by atoms with E-state index in [1.54, 1.807) is 13.8 Å². The Morgan fingerprint density at radius 1 is 1.17 bits per heavy atom. The molecule has 29 heavy (non-hydrogen) atoms. The number of para-hydroxylation sites is 1. The van der Waals surface area contributed by atoms with E-state index in [4.69, 9.17) is 4.74 Å². The molecule has 0 unspecified atom stereocenters. The lowest BCUT2D eigenvalue weighted by atomic mass is 10.2. The standard InChI is InChI=1S/C21H21N5O3/c1-13-20(14(2)24-21(23-13)29-16-6-4-3-5-7-16)25-18(27)11-26-12-22-17(10-19(26)28)15-8-9-15/h3-7,10,12,15H,8-9,11H2,1-2H3,(H,25,27). The first-order valence-electron chi connectivity index (χ1n) is 9.44. The monoisotopic (exact) mass is 391 g/mol.